The number of fused-ring (bicyclic) bond motifs is 1. The van der Waals surface area contributed by atoms with Crippen LogP contribution >= 0.6 is 0 Å². The van der Waals surface area contributed by atoms with Gasteiger partial charge in [0.25, 0.3) is 5.91 Å². The standard InChI is InChI=1S/C19H21N3O3/c1-12(2)25-15-8-6-13(7-9-15)17(23)11-20-19(24)16-5-3-4-14-10-21-22-18(14)16/h3-10,12,17,23H,11H2,1-2H3,(H,20,24)(H,21,22)/t17-/m0/s1. The number of ether oxygens (including phenoxy) is 1. The van der Waals surface area contributed by atoms with Crippen molar-refractivity contribution in [3.63, 3.8) is 0 Å². The molecule has 0 aliphatic rings. The third-order valence-electron chi connectivity index (χ3n) is 3.81. The van der Waals surface area contributed by atoms with Gasteiger partial charge >= 0.3 is 0 Å². The van der Waals surface area contributed by atoms with Crippen LogP contribution in [0.5, 0.6) is 5.75 Å². The molecular formula is C19H21N3O3. The molecule has 2 aromatic carbocycles. The number of carbonyl (C=O) groups excluding carboxylic acids is 1. The first kappa shape index (κ1) is 17.0. The molecular weight excluding hydrogens is 318 g/mol. The number of aromatic nitrogens is 2. The van der Waals surface area contributed by atoms with E-state index in [0.717, 1.165) is 16.7 Å². The van der Waals surface area contributed by atoms with Gasteiger partial charge in [0.1, 0.15) is 5.75 Å². The zero-order valence-electron chi connectivity index (χ0n) is 14.2. The van der Waals surface area contributed by atoms with E-state index >= 15 is 0 Å². The molecule has 0 saturated heterocycles. The number of carbonyl (C=O) groups is 1. The molecule has 6 nitrogen and oxygen atoms in total. The van der Waals surface area contributed by atoms with Gasteiger partial charge in [0, 0.05) is 11.9 Å². The molecule has 0 saturated carbocycles. The number of para-hydroxylation sites is 1. The minimum absolute atomic E-state index is 0.0975. The molecule has 3 aromatic rings. The average Bonchev–Trinajstić information content (AvgIpc) is 3.08. The van der Waals surface area contributed by atoms with Crippen LogP contribution in [0.4, 0.5) is 0 Å². The van der Waals surface area contributed by atoms with E-state index in [9.17, 15) is 9.90 Å². The number of nitrogens with zero attached hydrogens (tertiary/aromatic N) is 1. The normalized spacial score (nSPS) is 12.3. The SMILES string of the molecule is CC(C)Oc1ccc([C@@H](O)CNC(=O)c2cccc3cn[nH]c23)cc1. The average molecular weight is 339 g/mol. The predicted molar refractivity (Wildman–Crippen MR) is 95.6 cm³/mol. The van der Waals surface area contributed by atoms with Crippen molar-refractivity contribution in [1.82, 2.24) is 15.5 Å². The van der Waals surface area contributed by atoms with Gasteiger partial charge in [-0.25, -0.2) is 0 Å². The molecule has 25 heavy (non-hydrogen) atoms. The Labute approximate surface area is 145 Å². The van der Waals surface area contributed by atoms with Gasteiger partial charge in [-0.1, -0.05) is 24.3 Å². The van der Waals surface area contributed by atoms with Crippen LogP contribution in [0.1, 0.15) is 35.9 Å². The summed E-state index contributed by atoms with van der Waals surface area (Å²) in [6, 6.07) is 12.6. The summed E-state index contributed by atoms with van der Waals surface area (Å²) >= 11 is 0. The highest BCUT2D eigenvalue weighted by molar-refractivity contribution is 6.05. The van der Waals surface area contributed by atoms with Crippen molar-refractivity contribution >= 4 is 16.8 Å². The lowest BCUT2D eigenvalue weighted by Crippen LogP contribution is -2.28. The van der Waals surface area contributed by atoms with Gasteiger partial charge in [-0.15, -0.1) is 0 Å². The summed E-state index contributed by atoms with van der Waals surface area (Å²) in [7, 11) is 0. The van der Waals surface area contributed by atoms with Crippen molar-refractivity contribution in [2.75, 3.05) is 6.54 Å². The first-order chi connectivity index (χ1) is 12.0. The van der Waals surface area contributed by atoms with Gasteiger partial charge in [-0.05, 0) is 37.6 Å². The van der Waals surface area contributed by atoms with E-state index in [1.807, 2.05) is 32.0 Å². The molecule has 0 aliphatic carbocycles. The van der Waals surface area contributed by atoms with Gasteiger partial charge in [-0.3, -0.25) is 9.89 Å². The highest BCUT2D eigenvalue weighted by Gasteiger charge is 2.14. The molecule has 1 aromatic heterocycles. The Morgan fingerprint density at radius 1 is 1.24 bits per heavy atom. The van der Waals surface area contributed by atoms with Crippen LogP contribution in [0.2, 0.25) is 0 Å². The van der Waals surface area contributed by atoms with Crippen LogP contribution in [0.25, 0.3) is 10.9 Å². The van der Waals surface area contributed by atoms with Gasteiger partial charge in [0.15, 0.2) is 0 Å². The Morgan fingerprint density at radius 3 is 2.72 bits per heavy atom. The van der Waals surface area contributed by atoms with Crippen molar-refractivity contribution in [1.29, 1.82) is 0 Å². The summed E-state index contributed by atoms with van der Waals surface area (Å²) in [6.07, 6.45) is 0.972. The van der Waals surface area contributed by atoms with Crippen LogP contribution < -0.4 is 10.1 Å². The van der Waals surface area contributed by atoms with Crippen LogP contribution in [0, 0.1) is 0 Å². The number of nitrogens with one attached hydrogen (secondary N) is 2. The van der Waals surface area contributed by atoms with Crippen LogP contribution in [0.15, 0.2) is 48.7 Å². The van der Waals surface area contributed by atoms with E-state index in [-0.39, 0.29) is 18.6 Å². The van der Waals surface area contributed by atoms with Crippen LogP contribution in [-0.2, 0) is 0 Å². The van der Waals surface area contributed by atoms with Crippen molar-refractivity contribution in [2.45, 2.75) is 26.1 Å². The number of hydrogen-bond acceptors (Lipinski definition) is 4. The van der Waals surface area contributed by atoms with E-state index in [1.54, 1.807) is 30.5 Å². The molecule has 1 amide bonds. The van der Waals surface area contributed by atoms with E-state index in [0.29, 0.717) is 11.1 Å². The number of hydrogen-bond donors (Lipinski definition) is 3. The highest BCUT2D eigenvalue weighted by Crippen LogP contribution is 2.19. The van der Waals surface area contributed by atoms with E-state index in [4.69, 9.17) is 4.74 Å². The topological polar surface area (TPSA) is 87.2 Å². The van der Waals surface area contributed by atoms with Crippen molar-refractivity contribution in [3.05, 3.63) is 59.8 Å². The maximum Gasteiger partial charge on any atom is 0.253 e. The van der Waals surface area contributed by atoms with Gasteiger partial charge < -0.3 is 15.2 Å². The number of H-pyrrole nitrogens is 1. The number of rotatable bonds is 6. The minimum atomic E-state index is -0.794. The Hall–Kier alpha value is -2.86. The van der Waals surface area contributed by atoms with Crippen LogP contribution in [0.3, 0.4) is 0 Å². The smallest absolute Gasteiger partial charge is 0.253 e. The monoisotopic (exact) mass is 339 g/mol. The third-order valence-corrected chi connectivity index (χ3v) is 3.81. The number of benzene rings is 2. The lowest BCUT2D eigenvalue weighted by Gasteiger charge is -2.14. The molecule has 1 heterocycles. The molecule has 0 fully saturated rings. The number of aromatic amines is 1. The first-order valence-electron chi connectivity index (χ1n) is 8.19. The highest BCUT2D eigenvalue weighted by atomic mass is 16.5. The second-order valence-corrected chi connectivity index (χ2v) is 6.10. The number of amides is 1. The van der Waals surface area contributed by atoms with E-state index < -0.39 is 6.10 Å². The fraction of sp³-hybridized carbons (Fsp3) is 0.263. The van der Waals surface area contributed by atoms with Gasteiger partial charge in [-0.2, -0.15) is 5.10 Å². The molecule has 0 spiro atoms. The maximum absolute atomic E-state index is 12.4. The van der Waals surface area contributed by atoms with Gasteiger partial charge in [0.05, 0.1) is 29.5 Å². The lowest BCUT2D eigenvalue weighted by atomic mass is 10.1. The van der Waals surface area contributed by atoms with Crippen molar-refractivity contribution in [3.8, 4) is 5.75 Å². The Bertz CT molecular complexity index is 856. The van der Waals surface area contributed by atoms with Crippen LogP contribution in [-0.4, -0.2) is 33.9 Å². The summed E-state index contributed by atoms with van der Waals surface area (Å²) in [6.45, 7) is 4.03. The summed E-state index contributed by atoms with van der Waals surface area (Å²) < 4.78 is 5.58. The largest absolute Gasteiger partial charge is 0.491 e. The zero-order valence-corrected chi connectivity index (χ0v) is 14.2. The molecule has 0 unspecified atom stereocenters. The third kappa shape index (κ3) is 3.97. The maximum atomic E-state index is 12.4. The first-order valence-corrected chi connectivity index (χ1v) is 8.19. The molecule has 6 heteroatoms. The van der Waals surface area contributed by atoms with Gasteiger partial charge in [0.2, 0.25) is 0 Å². The summed E-state index contributed by atoms with van der Waals surface area (Å²) in [5.74, 6) is 0.495. The molecule has 0 aliphatic heterocycles. The number of aliphatic hydroxyl groups excluding tert-OH is 1. The molecule has 0 bridgehead atoms. The fourth-order valence-corrected chi connectivity index (χ4v) is 2.60. The quantitative estimate of drug-likeness (QED) is 0.644. The van der Waals surface area contributed by atoms with E-state index in [1.165, 1.54) is 0 Å². The summed E-state index contributed by atoms with van der Waals surface area (Å²) in [4.78, 5) is 12.4. The Morgan fingerprint density at radius 2 is 2.00 bits per heavy atom. The summed E-state index contributed by atoms with van der Waals surface area (Å²) in [5, 5.41) is 20.7. The molecule has 3 rings (SSSR count). The van der Waals surface area contributed by atoms with E-state index in [2.05, 4.69) is 15.5 Å². The van der Waals surface area contributed by atoms with Crippen molar-refractivity contribution < 1.29 is 14.6 Å². The molecule has 130 valence electrons. The Kier molecular flexibility index (Phi) is 5.00. The second kappa shape index (κ2) is 7.36. The lowest BCUT2D eigenvalue weighted by molar-refractivity contribution is 0.0917. The second-order valence-electron chi connectivity index (χ2n) is 6.10. The molecule has 1 atom stereocenters. The summed E-state index contributed by atoms with van der Waals surface area (Å²) in [5.41, 5.74) is 1.91. The zero-order chi connectivity index (χ0) is 17.8. The fourth-order valence-electron chi connectivity index (χ4n) is 2.60. The number of aliphatic hydroxyl groups is 1. The molecule has 0 radical (unpaired) electrons. The Balaban J connectivity index is 1.62. The minimum Gasteiger partial charge on any atom is -0.491 e. The molecule has 3 N–H and O–H groups in total. The van der Waals surface area contributed by atoms with Crippen molar-refractivity contribution in [2.24, 2.45) is 0 Å². The predicted octanol–water partition coefficient (Wildman–Crippen LogP) is 2.81.